The van der Waals surface area contributed by atoms with Crippen molar-refractivity contribution in [3.05, 3.63) is 11.9 Å². The molecule has 3 amide bonds. The molecule has 0 spiro atoms. The molecular formula is C8H12N3O2. The highest BCUT2D eigenvalue weighted by molar-refractivity contribution is 6.03. The van der Waals surface area contributed by atoms with Crippen LogP contribution >= 0.6 is 0 Å². The van der Waals surface area contributed by atoms with Gasteiger partial charge in [0, 0.05) is 12.6 Å². The molecule has 0 saturated heterocycles. The Labute approximate surface area is 76.6 Å². The van der Waals surface area contributed by atoms with Crippen LogP contribution in [0.5, 0.6) is 0 Å². The number of amides is 3. The van der Waals surface area contributed by atoms with E-state index in [1.807, 2.05) is 13.8 Å². The number of hydrogen-bond donors (Lipinski definition) is 1. The highest BCUT2D eigenvalue weighted by Gasteiger charge is 2.25. The summed E-state index contributed by atoms with van der Waals surface area (Å²) >= 11 is 0. The standard InChI is InChI=1S/C8H12N3O2/c1-5(2)4-11-6(9)3-7(12)10-8(11)13/h3,5H,4,9H2,1-2H3. The first-order valence-corrected chi connectivity index (χ1v) is 4.05. The van der Waals surface area contributed by atoms with Gasteiger partial charge in [-0.05, 0) is 5.92 Å². The molecule has 13 heavy (non-hydrogen) atoms. The largest absolute Gasteiger partial charge is 0.385 e. The molecule has 0 aromatic carbocycles. The lowest BCUT2D eigenvalue weighted by Crippen LogP contribution is -2.45. The fourth-order valence-corrected chi connectivity index (χ4v) is 1.05. The number of urea groups is 1. The normalized spacial score (nSPS) is 17.5. The molecule has 0 aliphatic carbocycles. The Bertz CT molecular complexity index is 271. The molecule has 1 heterocycles. The SMILES string of the molecule is CC(C)CN1C(=O)[N]C(=O)C=C1N. The predicted molar refractivity (Wildman–Crippen MR) is 46.4 cm³/mol. The number of carbonyl (C=O) groups is 2. The molecule has 71 valence electrons. The fourth-order valence-electron chi connectivity index (χ4n) is 1.05. The van der Waals surface area contributed by atoms with Gasteiger partial charge in [0.05, 0.1) is 0 Å². The highest BCUT2D eigenvalue weighted by Crippen LogP contribution is 2.08. The summed E-state index contributed by atoms with van der Waals surface area (Å²) in [5.41, 5.74) is 5.49. The molecule has 5 heteroatoms. The molecule has 0 aromatic rings. The molecule has 0 unspecified atom stereocenters. The van der Waals surface area contributed by atoms with Crippen LogP contribution in [-0.2, 0) is 4.79 Å². The summed E-state index contributed by atoms with van der Waals surface area (Å²) in [6, 6.07) is -0.571. The van der Waals surface area contributed by atoms with Crippen molar-refractivity contribution in [1.82, 2.24) is 10.2 Å². The lowest BCUT2D eigenvalue weighted by atomic mass is 10.2. The van der Waals surface area contributed by atoms with Crippen LogP contribution in [0.4, 0.5) is 4.79 Å². The van der Waals surface area contributed by atoms with Gasteiger partial charge in [0.15, 0.2) is 0 Å². The van der Waals surface area contributed by atoms with Gasteiger partial charge in [0.25, 0.3) is 5.91 Å². The van der Waals surface area contributed by atoms with E-state index in [4.69, 9.17) is 5.73 Å². The van der Waals surface area contributed by atoms with E-state index in [1.165, 1.54) is 4.90 Å². The van der Waals surface area contributed by atoms with Crippen LogP contribution in [0.25, 0.3) is 0 Å². The van der Waals surface area contributed by atoms with E-state index in [0.29, 0.717) is 12.5 Å². The van der Waals surface area contributed by atoms with Crippen molar-refractivity contribution in [1.29, 1.82) is 0 Å². The Morgan fingerprint density at radius 2 is 2.15 bits per heavy atom. The summed E-state index contributed by atoms with van der Waals surface area (Å²) in [7, 11) is 0. The van der Waals surface area contributed by atoms with Crippen LogP contribution < -0.4 is 11.1 Å². The predicted octanol–water partition coefficient (Wildman–Crippen LogP) is 0.00910. The molecule has 0 aromatic heterocycles. The third-order valence-corrected chi connectivity index (χ3v) is 1.57. The summed E-state index contributed by atoms with van der Waals surface area (Å²) < 4.78 is 0. The molecule has 5 nitrogen and oxygen atoms in total. The number of nitrogens with zero attached hydrogens (tertiary/aromatic N) is 2. The Hall–Kier alpha value is -1.52. The molecule has 1 aliphatic heterocycles. The van der Waals surface area contributed by atoms with E-state index in [9.17, 15) is 9.59 Å². The first kappa shape index (κ1) is 9.57. The van der Waals surface area contributed by atoms with E-state index >= 15 is 0 Å². The number of carbonyl (C=O) groups excluding carboxylic acids is 2. The number of imide groups is 1. The highest BCUT2D eigenvalue weighted by atomic mass is 16.2. The zero-order chi connectivity index (χ0) is 10.0. The monoisotopic (exact) mass is 182 g/mol. The van der Waals surface area contributed by atoms with E-state index < -0.39 is 11.9 Å². The summed E-state index contributed by atoms with van der Waals surface area (Å²) in [6.45, 7) is 4.39. The number of rotatable bonds is 2. The Morgan fingerprint density at radius 3 is 2.62 bits per heavy atom. The van der Waals surface area contributed by atoms with Gasteiger partial charge in [-0.2, -0.15) is 5.32 Å². The van der Waals surface area contributed by atoms with Gasteiger partial charge in [-0.3, -0.25) is 9.69 Å². The van der Waals surface area contributed by atoms with Gasteiger partial charge in [-0.1, -0.05) is 13.8 Å². The van der Waals surface area contributed by atoms with Crippen molar-refractivity contribution in [2.24, 2.45) is 11.7 Å². The average molecular weight is 182 g/mol. The molecule has 0 saturated carbocycles. The molecule has 0 bridgehead atoms. The first-order valence-electron chi connectivity index (χ1n) is 4.05. The summed E-state index contributed by atoms with van der Waals surface area (Å²) in [5, 5.41) is 3.26. The smallest absolute Gasteiger partial charge is 0.352 e. The van der Waals surface area contributed by atoms with Crippen LogP contribution in [0.3, 0.4) is 0 Å². The average Bonchev–Trinajstić information content (AvgIpc) is 1.96. The van der Waals surface area contributed by atoms with Crippen LogP contribution in [0.15, 0.2) is 11.9 Å². The Balaban J connectivity index is 2.78. The summed E-state index contributed by atoms with van der Waals surface area (Å²) in [4.78, 5) is 23.2. The van der Waals surface area contributed by atoms with E-state index in [1.54, 1.807) is 0 Å². The van der Waals surface area contributed by atoms with Crippen molar-refractivity contribution in [2.45, 2.75) is 13.8 Å². The summed E-state index contributed by atoms with van der Waals surface area (Å²) in [6.07, 6.45) is 1.16. The van der Waals surface area contributed by atoms with Gasteiger partial charge in [-0.25, -0.2) is 4.79 Å². The summed E-state index contributed by atoms with van der Waals surface area (Å²) in [5.74, 6) is -0.111. The molecule has 1 aliphatic rings. The molecule has 0 fully saturated rings. The van der Waals surface area contributed by atoms with Crippen molar-refractivity contribution < 1.29 is 9.59 Å². The second-order valence-corrected chi connectivity index (χ2v) is 3.31. The van der Waals surface area contributed by atoms with Crippen molar-refractivity contribution in [3.8, 4) is 0 Å². The third kappa shape index (κ3) is 2.21. The third-order valence-electron chi connectivity index (χ3n) is 1.57. The first-order chi connectivity index (χ1) is 6.00. The maximum atomic E-state index is 11.2. The Morgan fingerprint density at radius 1 is 1.54 bits per heavy atom. The molecular weight excluding hydrogens is 170 g/mol. The van der Waals surface area contributed by atoms with Gasteiger partial charge in [-0.15, -0.1) is 0 Å². The van der Waals surface area contributed by atoms with Crippen LogP contribution in [0, 0.1) is 5.92 Å². The minimum absolute atomic E-state index is 0.179. The quantitative estimate of drug-likeness (QED) is 0.653. The van der Waals surface area contributed by atoms with Gasteiger partial charge in [0.1, 0.15) is 5.82 Å². The minimum Gasteiger partial charge on any atom is -0.385 e. The van der Waals surface area contributed by atoms with Gasteiger partial charge in [0.2, 0.25) is 0 Å². The van der Waals surface area contributed by atoms with Gasteiger partial charge >= 0.3 is 6.03 Å². The lowest BCUT2D eigenvalue weighted by molar-refractivity contribution is -0.116. The maximum Gasteiger partial charge on any atom is 0.352 e. The second-order valence-electron chi connectivity index (χ2n) is 3.31. The van der Waals surface area contributed by atoms with E-state index in [0.717, 1.165) is 6.08 Å². The van der Waals surface area contributed by atoms with Crippen molar-refractivity contribution >= 4 is 11.9 Å². The van der Waals surface area contributed by atoms with Crippen LogP contribution in [-0.4, -0.2) is 23.4 Å². The van der Waals surface area contributed by atoms with Crippen molar-refractivity contribution in [2.75, 3.05) is 6.54 Å². The lowest BCUT2D eigenvalue weighted by Gasteiger charge is -2.25. The zero-order valence-electron chi connectivity index (χ0n) is 7.65. The fraction of sp³-hybridized carbons (Fsp3) is 0.500. The molecule has 2 N–H and O–H groups in total. The topological polar surface area (TPSA) is 77.5 Å². The molecule has 1 rings (SSSR count). The van der Waals surface area contributed by atoms with Gasteiger partial charge < -0.3 is 5.73 Å². The van der Waals surface area contributed by atoms with Crippen LogP contribution in [0.2, 0.25) is 0 Å². The zero-order valence-corrected chi connectivity index (χ0v) is 7.65. The van der Waals surface area contributed by atoms with Crippen molar-refractivity contribution in [3.63, 3.8) is 0 Å². The molecule has 1 radical (unpaired) electrons. The van der Waals surface area contributed by atoms with Crippen LogP contribution in [0.1, 0.15) is 13.8 Å². The Kier molecular flexibility index (Phi) is 2.55. The molecule has 0 atom stereocenters. The van der Waals surface area contributed by atoms with E-state index in [2.05, 4.69) is 5.32 Å². The second kappa shape index (κ2) is 3.47. The minimum atomic E-state index is -0.581. The number of nitrogens with two attached hydrogens (primary N) is 1. The van der Waals surface area contributed by atoms with E-state index in [-0.39, 0.29) is 5.82 Å². The number of hydrogen-bond acceptors (Lipinski definition) is 3. The maximum absolute atomic E-state index is 11.2.